The number of carbonyl (C=O) groups is 1. The third-order valence-corrected chi connectivity index (χ3v) is 5.94. The monoisotopic (exact) mass is 381 g/mol. The first kappa shape index (κ1) is 20.7. The number of nitrogens with zero attached hydrogens (tertiary/aromatic N) is 2. The molecule has 1 aliphatic heterocycles. The second-order valence-corrected chi connectivity index (χ2v) is 8.68. The molecular weight excluding hydrogens is 346 g/mol. The number of rotatable bonds is 6. The Morgan fingerprint density at radius 2 is 1.75 bits per heavy atom. The summed E-state index contributed by atoms with van der Waals surface area (Å²) < 4.78 is 2.27. The van der Waals surface area contributed by atoms with Crippen LogP contribution in [-0.2, 0) is 0 Å². The molecule has 4 nitrogen and oxygen atoms in total. The van der Waals surface area contributed by atoms with E-state index in [4.69, 9.17) is 0 Å². The van der Waals surface area contributed by atoms with Crippen LogP contribution in [-0.4, -0.2) is 41.1 Å². The number of aryl methyl sites for hydroxylation is 1. The summed E-state index contributed by atoms with van der Waals surface area (Å²) in [5.74, 6) is 0.769. The normalized spacial score (nSPS) is 17.1. The second-order valence-electron chi connectivity index (χ2n) is 8.68. The predicted molar refractivity (Wildman–Crippen MR) is 116 cm³/mol. The van der Waals surface area contributed by atoms with Gasteiger partial charge in [0.2, 0.25) is 0 Å². The van der Waals surface area contributed by atoms with E-state index in [0.717, 1.165) is 49.4 Å². The fraction of sp³-hybridized carbons (Fsp3) is 0.542. The Balaban J connectivity index is 1.67. The highest BCUT2D eigenvalue weighted by atomic mass is 16.1. The van der Waals surface area contributed by atoms with Crippen LogP contribution in [0.3, 0.4) is 0 Å². The molecular formula is C24H35N3O. The lowest BCUT2D eigenvalue weighted by molar-refractivity contribution is 0.0906. The topological polar surface area (TPSA) is 37.3 Å². The lowest BCUT2D eigenvalue weighted by atomic mass is 10.0. The highest BCUT2D eigenvalue weighted by Crippen LogP contribution is 2.25. The number of amides is 1. The van der Waals surface area contributed by atoms with Crippen LogP contribution in [0.25, 0.3) is 0 Å². The molecule has 1 fully saturated rings. The van der Waals surface area contributed by atoms with Crippen molar-refractivity contribution in [1.29, 1.82) is 0 Å². The number of hydrogen-bond donors (Lipinski definition) is 1. The molecule has 2 aromatic rings. The third kappa shape index (κ3) is 4.67. The van der Waals surface area contributed by atoms with E-state index in [1.54, 1.807) is 0 Å². The zero-order valence-corrected chi connectivity index (χ0v) is 18.0. The zero-order valence-electron chi connectivity index (χ0n) is 18.0. The van der Waals surface area contributed by atoms with Crippen molar-refractivity contribution in [3.63, 3.8) is 0 Å². The summed E-state index contributed by atoms with van der Waals surface area (Å²) in [6.07, 6.45) is 2.08. The fourth-order valence-corrected chi connectivity index (χ4v) is 4.52. The van der Waals surface area contributed by atoms with E-state index in [1.165, 1.54) is 5.56 Å². The van der Waals surface area contributed by atoms with Gasteiger partial charge in [0.25, 0.3) is 5.91 Å². The van der Waals surface area contributed by atoms with Crippen molar-refractivity contribution in [3.05, 3.63) is 58.9 Å². The van der Waals surface area contributed by atoms with Gasteiger partial charge in [0.1, 0.15) is 0 Å². The van der Waals surface area contributed by atoms with Crippen molar-refractivity contribution >= 4 is 5.91 Å². The summed E-state index contributed by atoms with van der Waals surface area (Å²) in [7, 11) is 0. The molecule has 1 saturated heterocycles. The van der Waals surface area contributed by atoms with Gasteiger partial charge in [-0.25, -0.2) is 0 Å². The van der Waals surface area contributed by atoms with Gasteiger partial charge in [-0.05, 0) is 51.2 Å². The van der Waals surface area contributed by atoms with Gasteiger partial charge < -0.3 is 14.8 Å². The first-order valence-corrected chi connectivity index (χ1v) is 10.6. The van der Waals surface area contributed by atoms with Gasteiger partial charge >= 0.3 is 0 Å². The van der Waals surface area contributed by atoms with Gasteiger partial charge in [-0.2, -0.15) is 0 Å². The molecule has 0 aliphatic carbocycles. The molecule has 1 aromatic carbocycles. The molecule has 1 aliphatic rings. The number of likely N-dealkylation sites (tertiary alicyclic amines) is 1. The molecule has 152 valence electrons. The molecule has 28 heavy (non-hydrogen) atoms. The molecule has 3 rings (SSSR count). The Hall–Kier alpha value is -2.07. The van der Waals surface area contributed by atoms with E-state index in [1.807, 2.05) is 12.1 Å². The molecule has 1 aromatic heterocycles. The van der Waals surface area contributed by atoms with Gasteiger partial charge in [0.15, 0.2) is 0 Å². The molecule has 1 unspecified atom stereocenters. The summed E-state index contributed by atoms with van der Waals surface area (Å²) in [5.41, 5.74) is 4.24. The number of aromatic nitrogens is 1. The number of piperidine rings is 1. The summed E-state index contributed by atoms with van der Waals surface area (Å²) in [5, 5.41) is 3.29. The van der Waals surface area contributed by atoms with Crippen LogP contribution < -0.4 is 5.32 Å². The smallest absolute Gasteiger partial charge is 0.253 e. The maximum absolute atomic E-state index is 13.0. The minimum atomic E-state index is 0.0712. The van der Waals surface area contributed by atoms with Crippen LogP contribution >= 0.6 is 0 Å². The highest BCUT2D eigenvalue weighted by Gasteiger charge is 2.24. The van der Waals surface area contributed by atoms with Crippen molar-refractivity contribution in [2.75, 3.05) is 19.6 Å². The maximum Gasteiger partial charge on any atom is 0.253 e. The van der Waals surface area contributed by atoms with Crippen LogP contribution in [0.15, 0.2) is 36.4 Å². The summed E-state index contributed by atoms with van der Waals surface area (Å²) >= 11 is 0. The molecule has 1 atom stereocenters. The quantitative estimate of drug-likeness (QED) is 0.796. The fourth-order valence-electron chi connectivity index (χ4n) is 4.52. The number of nitrogens with one attached hydrogen (secondary N) is 1. The second kappa shape index (κ2) is 8.95. The van der Waals surface area contributed by atoms with Gasteiger partial charge in [-0.1, -0.05) is 44.2 Å². The van der Waals surface area contributed by atoms with Crippen LogP contribution in [0.5, 0.6) is 0 Å². The van der Waals surface area contributed by atoms with Crippen molar-refractivity contribution < 1.29 is 4.79 Å². The molecule has 2 heterocycles. The largest absolute Gasteiger partial charge is 0.349 e. The summed E-state index contributed by atoms with van der Waals surface area (Å²) in [4.78, 5) is 15.5. The van der Waals surface area contributed by atoms with Gasteiger partial charge in [0, 0.05) is 37.1 Å². The molecule has 0 bridgehead atoms. The van der Waals surface area contributed by atoms with Crippen molar-refractivity contribution in [2.24, 2.45) is 5.92 Å². The van der Waals surface area contributed by atoms with Crippen LogP contribution in [0.4, 0.5) is 0 Å². The van der Waals surface area contributed by atoms with Gasteiger partial charge in [-0.3, -0.25) is 4.79 Å². The van der Waals surface area contributed by atoms with E-state index < -0.39 is 0 Å². The van der Waals surface area contributed by atoms with E-state index in [2.05, 4.69) is 73.7 Å². The Morgan fingerprint density at radius 3 is 2.36 bits per heavy atom. The molecule has 1 amide bonds. The van der Waals surface area contributed by atoms with Crippen molar-refractivity contribution in [3.8, 4) is 0 Å². The minimum Gasteiger partial charge on any atom is -0.349 e. The average molecular weight is 382 g/mol. The zero-order chi connectivity index (χ0) is 20.3. The number of carbonyl (C=O) groups excluding carboxylic acids is 1. The highest BCUT2D eigenvalue weighted by molar-refractivity contribution is 5.96. The summed E-state index contributed by atoms with van der Waals surface area (Å²) in [6.45, 7) is 14.2. The van der Waals surface area contributed by atoms with Crippen molar-refractivity contribution in [2.45, 2.75) is 59.5 Å². The molecule has 1 N–H and O–H groups in total. The van der Waals surface area contributed by atoms with Gasteiger partial charge in [0.05, 0.1) is 11.6 Å². The number of hydrogen-bond acceptors (Lipinski definition) is 2. The Labute approximate surface area is 169 Å². The number of benzene rings is 1. The van der Waals surface area contributed by atoms with E-state index in [-0.39, 0.29) is 18.0 Å². The van der Waals surface area contributed by atoms with Crippen molar-refractivity contribution in [1.82, 2.24) is 14.8 Å². The Kier molecular flexibility index (Phi) is 6.61. The lowest BCUT2D eigenvalue weighted by Gasteiger charge is -2.33. The lowest BCUT2D eigenvalue weighted by Crippen LogP contribution is -2.45. The molecule has 0 spiro atoms. The summed E-state index contributed by atoms with van der Waals surface area (Å²) in [6, 6.07) is 13.0. The average Bonchev–Trinajstić information content (AvgIpc) is 2.97. The Bertz CT molecular complexity index is 786. The maximum atomic E-state index is 13.0. The molecule has 0 radical (unpaired) electrons. The molecule has 4 heteroatoms. The molecule has 0 saturated carbocycles. The van der Waals surface area contributed by atoms with Crippen LogP contribution in [0.1, 0.15) is 67.0 Å². The van der Waals surface area contributed by atoms with E-state index in [9.17, 15) is 4.79 Å². The predicted octanol–water partition coefficient (Wildman–Crippen LogP) is 4.56. The van der Waals surface area contributed by atoms with Crippen LogP contribution in [0.2, 0.25) is 0 Å². The SMILES string of the molecule is Cc1cc(C(=O)NC2CCN(CC(C)C)CC2)c(C)n1C(C)c1ccccc1. The Morgan fingerprint density at radius 1 is 1.11 bits per heavy atom. The van der Waals surface area contributed by atoms with Crippen LogP contribution in [0, 0.1) is 19.8 Å². The standard InChI is InChI=1S/C24H35N3O/c1-17(2)16-26-13-11-22(12-14-26)25-24(28)23-15-18(3)27(20(23)5)19(4)21-9-7-6-8-10-21/h6-10,15,17,19,22H,11-14,16H2,1-5H3,(H,25,28). The first-order valence-electron chi connectivity index (χ1n) is 10.6. The van der Waals surface area contributed by atoms with E-state index >= 15 is 0 Å². The minimum absolute atomic E-state index is 0.0712. The first-order chi connectivity index (χ1) is 13.4. The van der Waals surface area contributed by atoms with Gasteiger partial charge in [-0.15, -0.1) is 0 Å². The third-order valence-electron chi connectivity index (χ3n) is 5.94. The van der Waals surface area contributed by atoms with E-state index in [0.29, 0.717) is 5.92 Å².